The second kappa shape index (κ2) is 5.31. The summed E-state index contributed by atoms with van der Waals surface area (Å²) in [6.45, 7) is 0.727. The molecule has 0 atom stereocenters. The van der Waals surface area contributed by atoms with Crippen LogP contribution in [0.15, 0.2) is 12.4 Å². The van der Waals surface area contributed by atoms with Crippen molar-refractivity contribution in [2.45, 2.75) is 12.8 Å². The van der Waals surface area contributed by atoms with Gasteiger partial charge in [-0.15, -0.1) is 0 Å². The molecule has 5 nitrogen and oxygen atoms in total. The largest absolute Gasteiger partial charge is 0.480 e. The highest BCUT2D eigenvalue weighted by molar-refractivity contribution is 5.68. The van der Waals surface area contributed by atoms with Gasteiger partial charge in [-0.3, -0.25) is 4.79 Å². The van der Waals surface area contributed by atoms with Crippen LogP contribution in [0, 0.1) is 0 Å². The fourth-order valence-corrected chi connectivity index (χ4v) is 1.01. The van der Waals surface area contributed by atoms with Crippen LogP contribution in [0.2, 0.25) is 0 Å². The van der Waals surface area contributed by atoms with E-state index in [-0.39, 0.29) is 6.54 Å². The third-order valence-electron chi connectivity index (χ3n) is 1.60. The number of imidazole rings is 1. The van der Waals surface area contributed by atoms with Crippen molar-refractivity contribution in [1.82, 2.24) is 15.3 Å². The second-order valence-electron chi connectivity index (χ2n) is 2.71. The Morgan fingerprint density at radius 3 is 3.15 bits per heavy atom. The first-order chi connectivity index (χ1) is 6.29. The van der Waals surface area contributed by atoms with Gasteiger partial charge >= 0.3 is 5.97 Å². The summed E-state index contributed by atoms with van der Waals surface area (Å²) in [5.74, 6) is 0.120. The maximum absolute atomic E-state index is 10.1. The van der Waals surface area contributed by atoms with E-state index in [4.69, 9.17) is 5.11 Å². The van der Waals surface area contributed by atoms with E-state index in [2.05, 4.69) is 15.3 Å². The number of aliphatic carboxylic acids is 1. The van der Waals surface area contributed by atoms with Gasteiger partial charge in [-0.1, -0.05) is 0 Å². The number of hydrogen-bond donors (Lipinski definition) is 3. The predicted molar refractivity (Wildman–Crippen MR) is 47.4 cm³/mol. The number of aryl methyl sites for hydroxylation is 1. The molecule has 0 bridgehead atoms. The van der Waals surface area contributed by atoms with Gasteiger partial charge < -0.3 is 15.4 Å². The number of nitrogens with one attached hydrogen (secondary N) is 2. The summed E-state index contributed by atoms with van der Waals surface area (Å²) in [7, 11) is 0. The Morgan fingerprint density at radius 1 is 1.69 bits per heavy atom. The topological polar surface area (TPSA) is 78.0 Å². The minimum atomic E-state index is -0.821. The molecule has 3 N–H and O–H groups in total. The Bertz CT molecular complexity index is 246. The molecule has 1 aromatic heterocycles. The molecule has 1 rings (SSSR count). The zero-order valence-corrected chi connectivity index (χ0v) is 7.29. The highest BCUT2D eigenvalue weighted by atomic mass is 16.4. The Labute approximate surface area is 76.2 Å². The Hall–Kier alpha value is -1.36. The number of nitrogens with zero attached hydrogens (tertiary/aromatic N) is 1. The van der Waals surface area contributed by atoms with Gasteiger partial charge in [0, 0.05) is 18.8 Å². The number of aromatic amines is 1. The molecule has 0 aliphatic carbocycles. The van der Waals surface area contributed by atoms with E-state index in [1.54, 1.807) is 12.4 Å². The molecule has 1 heterocycles. The van der Waals surface area contributed by atoms with Gasteiger partial charge in [0.05, 0.1) is 6.54 Å². The molecular formula is C8H13N3O2. The molecule has 0 spiro atoms. The molecule has 0 aromatic carbocycles. The Balaban J connectivity index is 1.99. The Kier molecular flexibility index (Phi) is 3.98. The fraction of sp³-hybridized carbons (Fsp3) is 0.500. The summed E-state index contributed by atoms with van der Waals surface area (Å²) in [5, 5.41) is 11.1. The molecule has 0 saturated heterocycles. The van der Waals surface area contributed by atoms with Crippen molar-refractivity contribution < 1.29 is 9.90 Å². The lowest BCUT2D eigenvalue weighted by Crippen LogP contribution is -2.23. The average molecular weight is 183 g/mol. The van der Waals surface area contributed by atoms with Gasteiger partial charge in [0.15, 0.2) is 0 Å². The maximum Gasteiger partial charge on any atom is 0.317 e. The molecule has 1 aromatic rings. The average Bonchev–Trinajstić information content (AvgIpc) is 2.55. The van der Waals surface area contributed by atoms with Crippen molar-refractivity contribution >= 4 is 5.97 Å². The smallest absolute Gasteiger partial charge is 0.317 e. The third kappa shape index (κ3) is 4.27. The highest BCUT2D eigenvalue weighted by Crippen LogP contribution is 1.92. The molecule has 0 amide bonds. The van der Waals surface area contributed by atoms with E-state index in [0.29, 0.717) is 6.54 Å². The molecule has 72 valence electrons. The summed E-state index contributed by atoms with van der Waals surface area (Å²) < 4.78 is 0. The van der Waals surface area contributed by atoms with Crippen LogP contribution < -0.4 is 5.32 Å². The van der Waals surface area contributed by atoms with Crippen molar-refractivity contribution in [3.8, 4) is 0 Å². The van der Waals surface area contributed by atoms with Crippen LogP contribution >= 0.6 is 0 Å². The standard InChI is InChI=1S/C8H13N3O2/c12-8(13)6-9-3-1-2-7-10-4-5-11-7/h4-5,9H,1-3,6H2,(H,10,11)(H,12,13). The van der Waals surface area contributed by atoms with Gasteiger partial charge in [0.2, 0.25) is 0 Å². The Morgan fingerprint density at radius 2 is 2.54 bits per heavy atom. The first kappa shape index (κ1) is 9.73. The summed E-state index contributed by atoms with van der Waals surface area (Å²) in [6.07, 6.45) is 5.22. The van der Waals surface area contributed by atoms with E-state index in [1.807, 2.05) is 0 Å². The number of rotatable bonds is 6. The zero-order valence-electron chi connectivity index (χ0n) is 7.29. The molecule has 0 unspecified atom stereocenters. The number of hydrogen-bond acceptors (Lipinski definition) is 3. The molecule has 0 saturated carbocycles. The van der Waals surface area contributed by atoms with E-state index in [1.165, 1.54) is 0 Å². The van der Waals surface area contributed by atoms with Crippen LogP contribution in [-0.4, -0.2) is 34.1 Å². The van der Waals surface area contributed by atoms with Gasteiger partial charge in [0.25, 0.3) is 0 Å². The van der Waals surface area contributed by atoms with E-state index < -0.39 is 5.97 Å². The van der Waals surface area contributed by atoms with Gasteiger partial charge in [-0.05, 0) is 13.0 Å². The summed E-state index contributed by atoms with van der Waals surface area (Å²) in [5.41, 5.74) is 0. The number of carboxylic acids is 1. The highest BCUT2D eigenvalue weighted by Gasteiger charge is 1.96. The van der Waals surface area contributed by atoms with E-state index in [0.717, 1.165) is 18.7 Å². The van der Waals surface area contributed by atoms with Crippen LogP contribution in [0.3, 0.4) is 0 Å². The SMILES string of the molecule is O=C(O)CNCCCc1ncc[nH]1. The van der Waals surface area contributed by atoms with Crippen LogP contribution in [0.25, 0.3) is 0 Å². The van der Waals surface area contributed by atoms with Crippen LogP contribution in [0.5, 0.6) is 0 Å². The molecule has 0 aliphatic heterocycles. The van der Waals surface area contributed by atoms with E-state index >= 15 is 0 Å². The first-order valence-electron chi connectivity index (χ1n) is 4.20. The quantitative estimate of drug-likeness (QED) is 0.543. The van der Waals surface area contributed by atoms with E-state index in [9.17, 15) is 4.79 Å². The molecule has 0 radical (unpaired) electrons. The van der Waals surface area contributed by atoms with Crippen molar-refractivity contribution in [3.63, 3.8) is 0 Å². The van der Waals surface area contributed by atoms with Crippen molar-refractivity contribution in [3.05, 3.63) is 18.2 Å². The van der Waals surface area contributed by atoms with Gasteiger partial charge in [-0.25, -0.2) is 4.98 Å². The number of aromatic nitrogens is 2. The minimum Gasteiger partial charge on any atom is -0.480 e. The lowest BCUT2D eigenvalue weighted by Gasteiger charge is -1.99. The van der Waals surface area contributed by atoms with Crippen molar-refractivity contribution in [2.24, 2.45) is 0 Å². The fourth-order valence-electron chi connectivity index (χ4n) is 1.01. The van der Waals surface area contributed by atoms with Gasteiger partial charge in [0.1, 0.15) is 5.82 Å². The second-order valence-corrected chi connectivity index (χ2v) is 2.71. The normalized spacial score (nSPS) is 10.2. The lowest BCUT2D eigenvalue weighted by atomic mass is 10.3. The van der Waals surface area contributed by atoms with Gasteiger partial charge in [-0.2, -0.15) is 0 Å². The third-order valence-corrected chi connectivity index (χ3v) is 1.60. The van der Waals surface area contributed by atoms with Crippen molar-refractivity contribution in [1.29, 1.82) is 0 Å². The van der Waals surface area contributed by atoms with Crippen LogP contribution in [-0.2, 0) is 11.2 Å². The lowest BCUT2D eigenvalue weighted by molar-refractivity contribution is -0.135. The zero-order chi connectivity index (χ0) is 9.52. The number of H-pyrrole nitrogens is 1. The van der Waals surface area contributed by atoms with Crippen molar-refractivity contribution in [2.75, 3.05) is 13.1 Å². The molecule has 5 heteroatoms. The van der Waals surface area contributed by atoms with Crippen LogP contribution in [0.1, 0.15) is 12.2 Å². The molecular weight excluding hydrogens is 170 g/mol. The number of carboxylic acid groups (broad SMARTS) is 1. The predicted octanol–water partition coefficient (Wildman–Crippen LogP) is 0.0165. The summed E-state index contributed by atoms with van der Waals surface area (Å²) >= 11 is 0. The first-order valence-corrected chi connectivity index (χ1v) is 4.20. The minimum absolute atomic E-state index is 0.0259. The molecule has 0 aliphatic rings. The van der Waals surface area contributed by atoms with Crippen LogP contribution in [0.4, 0.5) is 0 Å². The molecule has 0 fully saturated rings. The summed E-state index contributed by atoms with van der Waals surface area (Å²) in [4.78, 5) is 17.1. The monoisotopic (exact) mass is 183 g/mol. The maximum atomic E-state index is 10.1. The molecule has 13 heavy (non-hydrogen) atoms. The summed E-state index contributed by atoms with van der Waals surface area (Å²) in [6, 6.07) is 0. The number of carbonyl (C=O) groups is 1.